The van der Waals surface area contributed by atoms with E-state index in [1.54, 1.807) is 6.07 Å². The minimum Gasteiger partial charge on any atom is -0.370 e. The fourth-order valence-corrected chi connectivity index (χ4v) is 1.41. The number of halogens is 3. The van der Waals surface area contributed by atoms with Crippen LogP contribution in [0.5, 0.6) is 0 Å². The van der Waals surface area contributed by atoms with Crippen molar-refractivity contribution < 1.29 is 13.2 Å². The first-order chi connectivity index (χ1) is 7.47. The molecule has 1 N–H and O–H groups in total. The summed E-state index contributed by atoms with van der Waals surface area (Å²) in [6, 6.07) is 4.61. The van der Waals surface area contributed by atoms with Crippen LogP contribution in [0.15, 0.2) is 18.3 Å². The summed E-state index contributed by atoms with van der Waals surface area (Å²) >= 11 is 0. The van der Waals surface area contributed by atoms with Gasteiger partial charge in [0.2, 0.25) is 0 Å². The van der Waals surface area contributed by atoms with Crippen molar-refractivity contribution in [3.05, 3.63) is 24.0 Å². The normalized spacial score (nSPS) is 17.6. The van der Waals surface area contributed by atoms with Crippen LogP contribution in [0.3, 0.4) is 0 Å². The summed E-state index contributed by atoms with van der Waals surface area (Å²) in [6.07, 6.45) is -2.85. The average Bonchev–Trinajstić information content (AvgIpc) is 2.99. The number of aromatic nitrogens is 1. The van der Waals surface area contributed by atoms with Crippen LogP contribution in [0.1, 0.15) is 18.5 Å². The van der Waals surface area contributed by atoms with Crippen molar-refractivity contribution in [2.45, 2.75) is 24.6 Å². The Hall–Kier alpha value is -1.77. The SMILES string of the molecule is N#Cc1ccc(NC2(C(F)(F)F)CC2)cn1. The molecule has 2 rings (SSSR count). The first-order valence-corrected chi connectivity index (χ1v) is 4.68. The molecule has 0 amide bonds. The zero-order valence-corrected chi connectivity index (χ0v) is 8.17. The highest BCUT2D eigenvalue weighted by Crippen LogP contribution is 2.51. The van der Waals surface area contributed by atoms with Gasteiger partial charge in [-0.15, -0.1) is 0 Å². The van der Waals surface area contributed by atoms with E-state index in [0.29, 0.717) is 0 Å². The quantitative estimate of drug-likeness (QED) is 0.844. The molecule has 0 unspecified atom stereocenters. The van der Waals surface area contributed by atoms with Crippen molar-refractivity contribution in [3.63, 3.8) is 0 Å². The average molecular weight is 227 g/mol. The first kappa shape index (κ1) is 10.7. The van der Waals surface area contributed by atoms with Gasteiger partial charge in [0.25, 0.3) is 0 Å². The minimum atomic E-state index is -4.25. The van der Waals surface area contributed by atoms with Gasteiger partial charge in [0.05, 0.1) is 11.9 Å². The third-order valence-corrected chi connectivity index (χ3v) is 2.55. The third-order valence-electron chi connectivity index (χ3n) is 2.55. The Bertz CT molecular complexity index is 426. The van der Waals surface area contributed by atoms with Crippen molar-refractivity contribution in [2.24, 2.45) is 0 Å². The molecule has 0 aromatic carbocycles. The maximum absolute atomic E-state index is 12.6. The second kappa shape index (κ2) is 3.37. The molecule has 84 valence electrons. The molecular weight excluding hydrogens is 219 g/mol. The third kappa shape index (κ3) is 1.81. The molecule has 0 spiro atoms. The molecule has 1 saturated carbocycles. The lowest BCUT2D eigenvalue weighted by molar-refractivity contribution is -0.151. The van der Waals surface area contributed by atoms with Gasteiger partial charge in [-0.2, -0.15) is 18.4 Å². The van der Waals surface area contributed by atoms with E-state index in [1.165, 1.54) is 18.3 Å². The van der Waals surface area contributed by atoms with Gasteiger partial charge in [-0.1, -0.05) is 0 Å². The van der Waals surface area contributed by atoms with Crippen LogP contribution in [0, 0.1) is 11.3 Å². The lowest BCUT2D eigenvalue weighted by Gasteiger charge is -2.21. The fraction of sp³-hybridized carbons (Fsp3) is 0.400. The predicted octanol–water partition coefficient (Wildman–Crippen LogP) is 2.46. The second-order valence-corrected chi connectivity index (χ2v) is 3.75. The molecule has 1 aromatic heterocycles. The van der Waals surface area contributed by atoms with E-state index in [4.69, 9.17) is 5.26 Å². The van der Waals surface area contributed by atoms with Crippen molar-refractivity contribution in [3.8, 4) is 6.07 Å². The maximum Gasteiger partial charge on any atom is 0.411 e. The van der Waals surface area contributed by atoms with Crippen LogP contribution in [0.4, 0.5) is 18.9 Å². The molecule has 0 saturated heterocycles. The second-order valence-electron chi connectivity index (χ2n) is 3.75. The van der Waals surface area contributed by atoms with Gasteiger partial charge in [0.1, 0.15) is 17.3 Å². The number of anilines is 1. The van der Waals surface area contributed by atoms with Gasteiger partial charge < -0.3 is 5.32 Å². The number of pyridine rings is 1. The van der Waals surface area contributed by atoms with Crippen LogP contribution in [0.25, 0.3) is 0 Å². The molecule has 0 aliphatic heterocycles. The van der Waals surface area contributed by atoms with Gasteiger partial charge in [0, 0.05) is 0 Å². The van der Waals surface area contributed by atoms with Crippen molar-refractivity contribution in [1.29, 1.82) is 5.26 Å². The monoisotopic (exact) mass is 227 g/mol. The summed E-state index contributed by atoms with van der Waals surface area (Å²) in [7, 11) is 0. The maximum atomic E-state index is 12.6. The Morgan fingerprint density at radius 1 is 1.38 bits per heavy atom. The zero-order chi connectivity index (χ0) is 11.8. The van der Waals surface area contributed by atoms with Gasteiger partial charge in [0.15, 0.2) is 0 Å². The van der Waals surface area contributed by atoms with Crippen LogP contribution >= 0.6 is 0 Å². The zero-order valence-electron chi connectivity index (χ0n) is 8.17. The number of hydrogen-bond donors (Lipinski definition) is 1. The molecule has 1 heterocycles. The first-order valence-electron chi connectivity index (χ1n) is 4.68. The molecule has 0 atom stereocenters. The lowest BCUT2D eigenvalue weighted by atomic mass is 10.2. The Labute approximate surface area is 89.9 Å². The number of nitrogens with one attached hydrogen (secondary N) is 1. The van der Waals surface area contributed by atoms with E-state index in [2.05, 4.69) is 10.3 Å². The van der Waals surface area contributed by atoms with Crippen molar-refractivity contribution >= 4 is 5.69 Å². The van der Waals surface area contributed by atoms with Crippen LogP contribution in [0.2, 0.25) is 0 Å². The number of rotatable bonds is 2. The Balaban J connectivity index is 2.13. The molecule has 0 radical (unpaired) electrons. The van der Waals surface area contributed by atoms with Crippen LogP contribution in [-0.2, 0) is 0 Å². The Kier molecular flexibility index (Phi) is 2.26. The Morgan fingerprint density at radius 3 is 2.44 bits per heavy atom. The summed E-state index contributed by atoms with van der Waals surface area (Å²) in [5.74, 6) is 0. The summed E-state index contributed by atoms with van der Waals surface area (Å²) in [5, 5.41) is 10.9. The highest BCUT2D eigenvalue weighted by Gasteiger charge is 2.63. The summed E-state index contributed by atoms with van der Waals surface area (Å²) in [5.41, 5.74) is -1.32. The number of nitrogens with zero attached hydrogens (tertiary/aromatic N) is 2. The van der Waals surface area contributed by atoms with Crippen molar-refractivity contribution in [1.82, 2.24) is 4.98 Å². The standard InChI is InChI=1S/C10H8F3N3/c11-10(12,13)9(3-4-9)16-8-2-1-7(5-14)15-6-8/h1-2,6,16H,3-4H2. The molecule has 6 heteroatoms. The number of alkyl halides is 3. The van der Waals surface area contributed by atoms with E-state index in [-0.39, 0.29) is 24.2 Å². The van der Waals surface area contributed by atoms with E-state index >= 15 is 0 Å². The summed E-state index contributed by atoms with van der Waals surface area (Å²) in [4.78, 5) is 3.70. The molecule has 16 heavy (non-hydrogen) atoms. The van der Waals surface area contributed by atoms with Crippen LogP contribution in [-0.4, -0.2) is 16.7 Å². The lowest BCUT2D eigenvalue weighted by Crippen LogP contribution is -2.38. The van der Waals surface area contributed by atoms with Crippen LogP contribution < -0.4 is 5.32 Å². The van der Waals surface area contributed by atoms with E-state index < -0.39 is 11.7 Å². The van der Waals surface area contributed by atoms with E-state index in [1.807, 2.05) is 0 Å². The predicted molar refractivity (Wildman–Crippen MR) is 50.6 cm³/mol. The molecule has 1 aliphatic rings. The van der Waals surface area contributed by atoms with Crippen molar-refractivity contribution in [2.75, 3.05) is 5.32 Å². The number of nitriles is 1. The minimum absolute atomic E-state index is 0.0799. The highest BCUT2D eigenvalue weighted by molar-refractivity contribution is 5.47. The summed E-state index contributed by atoms with van der Waals surface area (Å²) in [6.45, 7) is 0. The van der Waals surface area contributed by atoms with Gasteiger partial charge in [-0.05, 0) is 25.0 Å². The van der Waals surface area contributed by atoms with Gasteiger partial charge in [-0.25, -0.2) is 4.98 Å². The van der Waals surface area contributed by atoms with Gasteiger partial charge >= 0.3 is 6.18 Å². The largest absolute Gasteiger partial charge is 0.411 e. The Morgan fingerprint density at radius 2 is 2.06 bits per heavy atom. The molecule has 1 fully saturated rings. The molecule has 0 bridgehead atoms. The highest BCUT2D eigenvalue weighted by atomic mass is 19.4. The van der Waals surface area contributed by atoms with E-state index in [9.17, 15) is 13.2 Å². The molecular formula is C10H8F3N3. The van der Waals surface area contributed by atoms with Gasteiger partial charge in [-0.3, -0.25) is 0 Å². The number of hydrogen-bond acceptors (Lipinski definition) is 3. The molecule has 1 aliphatic carbocycles. The summed E-state index contributed by atoms with van der Waals surface area (Å²) < 4.78 is 37.8. The fourth-order valence-electron chi connectivity index (χ4n) is 1.41. The topological polar surface area (TPSA) is 48.7 Å². The van der Waals surface area contributed by atoms with E-state index in [0.717, 1.165) is 0 Å². The molecule has 1 aromatic rings. The smallest absolute Gasteiger partial charge is 0.370 e. The molecule has 3 nitrogen and oxygen atoms in total.